The van der Waals surface area contributed by atoms with Crippen molar-refractivity contribution in [2.75, 3.05) is 26.8 Å². The standard InChI is InChI=1S/C15H19FN2O3/c1-21-10-14(19)17-11-6-8-18(9-7-11)15(20)12-4-2-3-5-13(12)16/h2-5,11H,6-10H2,1H3,(H,17,19). The van der Waals surface area contributed by atoms with Crippen LogP contribution >= 0.6 is 0 Å². The van der Waals surface area contributed by atoms with Crippen molar-refractivity contribution in [3.63, 3.8) is 0 Å². The normalized spacial score (nSPS) is 15.8. The molecule has 6 heteroatoms. The van der Waals surface area contributed by atoms with Gasteiger partial charge in [-0.1, -0.05) is 12.1 Å². The molecule has 1 heterocycles. The van der Waals surface area contributed by atoms with Crippen LogP contribution in [0.5, 0.6) is 0 Å². The van der Waals surface area contributed by atoms with Gasteiger partial charge >= 0.3 is 0 Å². The minimum absolute atomic E-state index is 0.0361. The number of hydrogen-bond acceptors (Lipinski definition) is 3. The van der Waals surface area contributed by atoms with Gasteiger partial charge in [-0.15, -0.1) is 0 Å². The second kappa shape index (κ2) is 7.17. The Kier molecular flexibility index (Phi) is 5.27. The van der Waals surface area contributed by atoms with Crippen LogP contribution < -0.4 is 5.32 Å². The van der Waals surface area contributed by atoms with Crippen LogP contribution in [0.3, 0.4) is 0 Å². The summed E-state index contributed by atoms with van der Waals surface area (Å²) in [5, 5.41) is 2.85. The third kappa shape index (κ3) is 4.01. The van der Waals surface area contributed by atoms with Gasteiger partial charge in [-0.2, -0.15) is 0 Å². The van der Waals surface area contributed by atoms with Gasteiger partial charge in [0.25, 0.3) is 5.91 Å². The van der Waals surface area contributed by atoms with Crippen LogP contribution in [0.15, 0.2) is 24.3 Å². The smallest absolute Gasteiger partial charge is 0.256 e. The Balaban J connectivity index is 1.88. The maximum Gasteiger partial charge on any atom is 0.256 e. The van der Waals surface area contributed by atoms with Gasteiger partial charge in [-0.3, -0.25) is 9.59 Å². The van der Waals surface area contributed by atoms with Crippen LogP contribution in [0.25, 0.3) is 0 Å². The number of carbonyl (C=O) groups excluding carboxylic acids is 2. The Morgan fingerprint density at radius 2 is 2.00 bits per heavy atom. The number of hydrogen-bond donors (Lipinski definition) is 1. The second-order valence-corrected chi connectivity index (χ2v) is 5.05. The van der Waals surface area contributed by atoms with Crippen molar-refractivity contribution in [2.24, 2.45) is 0 Å². The number of amides is 2. The molecule has 1 aliphatic heterocycles. The fraction of sp³-hybridized carbons (Fsp3) is 0.467. The first-order valence-electron chi connectivity index (χ1n) is 6.94. The number of ether oxygens (including phenoxy) is 1. The summed E-state index contributed by atoms with van der Waals surface area (Å²) >= 11 is 0. The maximum atomic E-state index is 13.6. The SMILES string of the molecule is COCC(=O)NC1CCN(C(=O)c2ccccc2F)CC1. The van der Waals surface area contributed by atoms with E-state index in [-0.39, 0.29) is 30.0 Å². The summed E-state index contributed by atoms with van der Waals surface area (Å²) in [7, 11) is 1.47. The Labute approximate surface area is 123 Å². The molecule has 0 spiro atoms. The van der Waals surface area contributed by atoms with E-state index in [2.05, 4.69) is 5.32 Å². The molecule has 1 aromatic rings. The second-order valence-electron chi connectivity index (χ2n) is 5.05. The summed E-state index contributed by atoms with van der Waals surface area (Å²) in [5.41, 5.74) is 0.0966. The molecule has 0 bridgehead atoms. The summed E-state index contributed by atoms with van der Waals surface area (Å²) < 4.78 is 18.4. The van der Waals surface area contributed by atoms with E-state index in [1.807, 2.05) is 0 Å². The van der Waals surface area contributed by atoms with Gasteiger partial charge in [0, 0.05) is 26.2 Å². The lowest BCUT2D eigenvalue weighted by atomic mass is 10.0. The number of rotatable bonds is 4. The van der Waals surface area contributed by atoms with E-state index >= 15 is 0 Å². The maximum absolute atomic E-state index is 13.6. The fourth-order valence-corrected chi connectivity index (χ4v) is 2.43. The molecular formula is C15H19FN2O3. The van der Waals surface area contributed by atoms with Gasteiger partial charge < -0.3 is 15.0 Å². The van der Waals surface area contributed by atoms with Crippen LogP contribution in [-0.2, 0) is 9.53 Å². The van der Waals surface area contributed by atoms with Crippen molar-refractivity contribution in [3.8, 4) is 0 Å². The number of nitrogens with zero attached hydrogens (tertiary/aromatic N) is 1. The summed E-state index contributed by atoms with van der Waals surface area (Å²) in [6.45, 7) is 1.05. The highest BCUT2D eigenvalue weighted by Crippen LogP contribution is 2.16. The number of likely N-dealkylation sites (tertiary alicyclic amines) is 1. The highest BCUT2D eigenvalue weighted by Gasteiger charge is 2.25. The number of nitrogens with one attached hydrogen (secondary N) is 1. The molecule has 1 aliphatic rings. The van der Waals surface area contributed by atoms with E-state index < -0.39 is 5.82 Å². The lowest BCUT2D eigenvalue weighted by Crippen LogP contribution is -2.47. The summed E-state index contributed by atoms with van der Waals surface area (Å²) in [6, 6.07) is 6.02. The van der Waals surface area contributed by atoms with Crippen LogP contribution in [0, 0.1) is 5.82 Å². The molecule has 0 unspecified atom stereocenters. The monoisotopic (exact) mass is 294 g/mol. The van der Waals surface area contributed by atoms with Crippen LogP contribution in [0.1, 0.15) is 23.2 Å². The molecule has 21 heavy (non-hydrogen) atoms. The van der Waals surface area contributed by atoms with Gasteiger partial charge in [0.05, 0.1) is 5.56 Å². The number of piperidine rings is 1. The topological polar surface area (TPSA) is 58.6 Å². The molecule has 0 saturated carbocycles. The summed E-state index contributed by atoms with van der Waals surface area (Å²) in [6.07, 6.45) is 1.32. The molecule has 1 fully saturated rings. The largest absolute Gasteiger partial charge is 0.375 e. The quantitative estimate of drug-likeness (QED) is 0.907. The minimum atomic E-state index is -0.502. The molecule has 1 saturated heterocycles. The average molecular weight is 294 g/mol. The summed E-state index contributed by atoms with van der Waals surface area (Å²) in [4.78, 5) is 25.3. The van der Waals surface area contributed by atoms with Crippen molar-refractivity contribution < 1.29 is 18.7 Å². The highest BCUT2D eigenvalue weighted by molar-refractivity contribution is 5.94. The number of carbonyl (C=O) groups is 2. The van der Waals surface area contributed by atoms with Gasteiger partial charge in [0.15, 0.2) is 0 Å². The number of halogens is 1. The lowest BCUT2D eigenvalue weighted by molar-refractivity contribution is -0.125. The Morgan fingerprint density at radius 1 is 1.33 bits per heavy atom. The Morgan fingerprint density at radius 3 is 2.62 bits per heavy atom. The Hall–Kier alpha value is -1.95. The number of methoxy groups -OCH3 is 1. The molecule has 5 nitrogen and oxygen atoms in total. The third-order valence-electron chi connectivity index (χ3n) is 3.53. The van der Waals surface area contributed by atoms with E-state index in [0.717, 1.165) is 0 Å². The van der Waals surface area contributed by atoms with Crippen molar-refractivity contribution in [2.45, 2.75) is 18.9 Å². The molecule has 2 amide bonds. The lowest BCUT2D eigenvalue weighted by Gasteiger charge is -2.32. The van der Waals surface area contributed by atoms with Crippen molar-refractivity contribution in [3.05, 3.63) is 35.6 Å². The predicted octanol–water partition coefficient (Wildman–Crippen LogP) is 1.19. The van der Waals surface area contributed by atoms with Crippen molar-refractivity contribution >= 4 is 11.8 Å². The minimum Gasteiger partial charge on any atom is -0.375 e. The molecule has 1 aromatic carbocycles. The fourth-order valence-electron chi connectivity index (χ4n) is 2.43. The number of benzene rings is 1. The Bertz CT molecular complexity index is 513. The van der Waals surface area contributed by atoms with Crippen LogP contribution in [-0.4, -0.2) is 49.6 Å². The van der Waals surface area contributed by atoms with Gasteiger partial charge in [-0.05, 0) is 25.0 Å². The van der Waals surface area contributed by atoms with E-state index in [0.29, 0.717) is 25.9 Å². The van der Waals surface area contributed by atoms with Crippen LogP contribution in [0.2, 0.25) is 0 Å². The van der Waals surface area contributed by atoms with Crippen molar-refractivity contribution in [1.29, 1.82) is 0 Å². The molecule has 0 radical (unpaired) electrons. The predicted molar refractivity (Wildman–Crippen MR) is 75.3 cm³/mol. The van der Waals surface area contributed by atoms with E-state index in [4.69, 9.17) is 4.74 Å². The first-order chi connectivity index (χ1) is 10.1. The first-order valence-corrected chi connectivity index (χ1v) is 6.94. The van der Waals surface area contributed by atoms with Crippen molar-refractivity contribution in [1.82, 2.24) is 10.2 Å². The molecule has 0 aromatic heterocycles. The van der Waals surface area contributed by atoms with Gasteiger partial charge in [0.2, 0.25) is 5.91 Å². The molecule has 114 valence electrons. The molecule has 0 atom stereocenters. The average Bonchev–Trinajstić information content (AvgIpc) is 2.48. The third-order valence-corrected chi connectivity index (χ3v) is 3.53. The highest BCUT2D eigenvalue weighted by atomic mass is 19.1. The zero-order chi connectivity index (χ0) is 15.2. The van der Waals surface area contributed by atoms with Gasteiger partial charge in [0.1, 0.15) is 12.4 Å². The molecule has 0 aliphatic carbocycles. The zero-order valence-corrected chi connectivity index (χ0v) is 12.0. The van der Waals surface area contributed by atoms with E-state index in [1.165, 1.54) is 19.2 Å². The molecule has 2 rings (SSSR count). The van der Waals surface area contributed by atoms with Gasteiger partial charge in [-0.25, -0.2) is 4.39 Å². The first kappa shape index (κ1) is 15.4. The van der Waals surface area contributed by atoms with E-state index in [9.17, 15) is 14.0 Å². The zero-order valence-electron chi connectivity index (χ0n) is 12.0. The van der Waals surface area contributed by atoms with E-state index in [1.54, 1.807) is 17.0 Å². The summed E-state index contributed by atoms with van der Waals surface area (Å²) in [5.74, 6) is -0.954. The van der Waals surface area contributed by atoms with Crippen LogP contribution in [0.4, 0.5) is 4.39 Å². The molecular weight excluding hydrogens is 275 g/mol. The molecule has 1 N–H and O–H groups in total.